The molecule has 0 spiro atoms. The minimum absolute atomic E-state index is 0.613. The quantitative estimate of drug-likeness (QED) is 0.740. The predicted octanol–water partition coefficient (Wildman–Crippen LogP) is 2.38. The predicted molar refractivity (Wildman–Crippen MR) is 60.2 cm³/mol. The van der Waals surface area contributed by atoms with E-state index in [0.29, 0.717) is 5.82 Å². The maximum absolute atomic E-state index is 5.72. The normalized spacial score (nSPS) is 10.4. The molecule has 0 amide bonds. The van der Waals surface area contributed by atoms with Crippen LogP contribution in [0.5, 0.6) is 0 Å². The van der Waals surface area contributed by atoms with E-state index in [1.165, 1.54) is 4.90 Å². The molecule has 3 N–H and O–H groups in total. The Balaban J connectivity index is 2.39. The van der Waals surface area contributed by atoms with Gasteiger partial charge in [-0.25, -0.2) is 0 Å². The van der Waals surface area contributed by atoms with E-state index in [9.17, 15) is 0 Å². The fourth-order valence-corrected chi connectivity index (χ4v) is 1.70. The second-order valence-corrected chi connectivity index (χ2v) is 3.81. The molecule has 2 aromatic rings. The third-order valence-corrected chi connectivity index (χ3v) is 2.81. The number of nitrogens with two attached hydrogens (primary N) is 1. The molecule has 0 fully saturated rings. The molecule has 3 nitrogen and oxygen atoms in total. The molecule has 0 radical (unpaired) electrons. The van der Waals surface area contributed by atoms with Crippen LogP contribution >= 0.6 is 11.8 Å². The van der Waals surface area contributed by atoms with Crippen LogP contribution in [0.4, 0.5) is 5.82 Å². The van der Waals surface area contributed by atoms with Crippen LogP contribution in [-0.2, 0) is 0 Å². The fraction of sp³-hybridized carbons (Fsp3) is 0.100. The van der Waals surface area contributed by atoms with E-state index in [-0.39, 0.29) is 0 Å². The van der Waals surface area contributed by atoms with E-state index in [1.54, 1.807) is 18.0 Å². The first kappa shape index (κ1) is 9.15. The van der Waals surface area contributed by atoms with Crippen molar-refractivity contribution in [1.29, 1.82) is 0 Å². The lowest BCUT2D eigenvalue weighted by Gasteiger charge is -2.00. The smallest absolute Gasteiger partial charge is 0.126 e. The molecular formula is C10H11N3S. The molecule has 1 aromatic heterocycles. The van der Waals surface area contributed by atoms with E-state index in [4.69, 9.17) is 5.73 Å². The summed E-state index contributed by atoms with van der Waals surface area (Å²) in [5.41, 5.74) is 7.77. The minimum atomic E-state index is 0.613. The van der Waals surface area contributed by atoms with Gasteiger partial charge in [-0.2, -0.15) is 5.10 Å². The highest BCUT2D eigenvalue weighted by molar-refractivity contribution is 7.98. The summed E-state index contributed by atoms with van der Waals surface area (Å²) in [4.78, 5) is 1.25. The van der Waals surface area contributed by atoms with E-state index in [1.807, 2.05) is 12.1 Å². The molecule has 0 bridgehead atoms. The number of thioether (sulfide) groups is 1. The lowest BCUT2D eigenvalue weighted by atomic mass is 10.1. The molecule has 0 atom stereocenters. The monoisotopic (exact) mass is 205 g/mol. The van der Waals surface area contributed by atoms with E-state index < -0.39 is 0 Å². The van der Waals surface area contributed by atoms with Gasteiger partial charge < -0.3 is 5.73 Å². The Labute approximate surface area is 86.7 Å². The zero-order valence-corrected chi connectivity index (χ0v) is 8.64. The number of H-pyrrole nitrogens is 1. The highest BCUT2D eigenvalue weighted by Gasteiger charge is 2.03. The molecule has 4 heteroatoms. The van der Waals surface area contributed by atoms with Crippen LogP contribution in [0.3, 0.4) is 0 Å². The average molecular weight is 205 g/mol. The summed E-state index contributed by atoms with van der Waals surface area (Å²) in [5, 5.41) is 6.60. The molecule has 0 aliphatic rings. The van der Waals surface area contributed by atoms with Crippen LogP contribution in [-0.4, -0.2) is 16.5 Å². The third-order valence-electron chi connectivity index (χ3n) is 2.07. The number of nitrogens with zero attached hydrogens (tertiary/aromatic N) is 1. The average Bonchev–Trinajstić information content (AvgIpc) is 2.65. The van der Waals surface area contributed by atoms with Crippen molar-refractivity contribution in [2.75, 3.05) is 12.0 Å². The van der Waals surface area contributed by atoms with Crippen molar-refractivity contribution in [2.45, 2.75) is 4.90 Å². The summed E-state index contributed by atoms with van der Waals surface area (Å²) in [7, 11) is 0. The number of hydrogen-bond donors (Lipinski definition) is 2. The Bertz CT molecular complexity index is 419. The maximum atomic E-state index is 5.72. The van der Waals surface area contributed by atoms with Gasteiger partial charge in [-0.15, -0.1) is 11.8 Å². The molecule has 0 saturated carbocycles. The number of aromatic nitrogens is 2. The van der Waals surface area contributed by atoms with Gasteiger partial charge in [0.1, 0.15) is 5.82 Å². The van der Waals surface area contributed by atoms with Gasteiger partial charge in [-0.3, -0.25) is 5.10 Å². The highest BCUT2D eigenvalue weighted by Crippen LogP contribution is 2.25. The molecule has 0 saturated heterocycles. The standard InChI is InChI=1S/C10H11N3S/c1-14-8-4-2-7(3-5-8)9-6-12-13-10(9)11/h2-6H,1H3,(H3,11,12,13). The summed E-state index contributed by atoms with van der Waals surface area (Å²) < 4.78 is 0. The van der Waals surface area contributed by atoms with Crippen molar-refractivity contribution in [1.82, 2.24) is 10.2 Å². The molecule has 72 valence electrons. The molecule has 1 heterocycles. The van der Waals surface area contributed by atoms with Gasteiger partial charge in [-0.1, -0.05) is 12.1 Å². The van der Waals surface area contributed by atoms with Gasteiger partial charge in [0.2, 0.25) is 0 Å². The lowest BCUT2D eigenvalue weighted by molar-refractivity contribution is 1.10. The second kappa shape index (κ2) is 3.75. The Hall–Kier alpha value is -1.42. The topological polar surface area (TPSA) is 54.7 Å². The number of rotatable bonds is 2. The van der Waals surface area contributed by atoms with Crippen molar-refractivity contribution < 1.29 is 0 Å². The summed E-state index contributed by atoms with van der Waals surface area (Å²) in [6.45, 7) is 0. The first-order valence-corrected chi connectivity index (χ1v) is 5.47. The molecule has 1 aromatic carbocycles. The number of aromatic amines is 1. The van der Waals surface area contributed by atoms with Crippen LogP contribution < -0.4 is 5.73 Å². The number of nitrogens with one attached hydrogen (secondary N) is 1. The van der Waals surface area contributed by atoms with Crippen molar-refractivity contribution in [3.63, 3.8) is 0 Å². The van der Waals surface area contributed by atoms with E-state index >= 15 is 0 Å². The zero-order valence-electron chi connectivity index (χ0n) is 7.82. The van der Waals surface area contributed by atoms with Gasteiger partial charge in [0, 0.05) is 10.5 Å². The van der Waals surface area contributed by atoms with Crippen LogP contribution in [0.1, 0.15) is 0 Å². The maximum Gasteiger partial charge on any atom is 0.126 e. The molecule has 0 unspecified atom stereocenters. The molecular weight excluding hydrogens is 194 g/mol. The van der Waals surface area contributed by atoms with Gasteiger partial charge in [-0.05, 0) is 24.0 Å². The van der Waals surface area contributed by atoms with E-state index in [2.05, 4.69) is 28.6 Å². The fourth-order valence-electron chi connectivity index (χ4n) is 1.30. The Morgan fingerprint density at radius 3 is 2.50 bits per heavy atom. The van der Waals surface area contributed by atoms with Crippen LogP contribution in [0.15, 0.2) is 35.4 Å². The molecule has 2 rings (SSSR count). The van der Waals surface area contributed by atoms with Crippen LogP contribution in [0.2, 0.25) is 0 Å². The Kier molecular flexibility index (Phi) is 2.45. The highest BCUT2D eigenvalue weighted by atomic mass is 32.2. The zero-order chi connectivity index (χ0) is 9.97. The number of anilines is 1. The van der Waals surface area contributed by atoms with Crippen LogP contribution in [0.25, 0.3) is 11.1 Å². The van der Waals surface area contributed by atoms with Gasteiger partial charge in [0.05, 0.1) is 6.20 Å². The Morgan fingerprint density at radius 2 is 2.00 bits per heavy atom. The lowest BCUT2D eigenvalue weighted by Crippen LogP contribution is -1.87. The molecule has 0 aliphatic carbocycles. The summed E-state index contributed by atoms with van der Waals surface area (Å²) in [5.74, 6) is 0.613. The summed E-state index contributed by atoms with van der Waals surface area (Å²) in [6, 6.07) is 8.25. The summed E-state index contributed by atoms with van der Waals surface area (Å²) >= 11 is 1.72. The Morgan fingerprint density at radius 1 is 1.29 bits per heavy atom. The number of nitrogen functional groups attached to an aromatic ring is 1. The van der Waals surface area contributed by atoms with E-state index in [0.717, 1.165) is 11.1 Å². The summed E-state index contributed by atoms with van der Waals surface area (Å²) in [6.07, 6.45) is 3.80. The SMILES string of the molecule is CSc1ccc(-c2cn[nH]c2N)cc1. The first-order chi connectivity index (χ1) is 6.81. The van der Waals surface area contributed by atoms with Crippen LogP contribution in [0, 0.1) is 0 Å². The molecule has 14 heavy (non-hydrogen) atoms. The van der Waals surface area contributed by atoms with Crippen molar-refractivity contribution in [3.05, 3.63) is 30.5 Å². The van der Waals surface area contributed by atoms with Crippen molar-refractivity contribution in [3.8, 4) is 11.1 Å². The van der Waals surface area contributed by atoms with Gasteiger partial charge in [0.25, 0.3) is 0 Å². The number of benzene rings is 1. The second-order valence-electron chi connectivity index (χ2n) is 2.93. The minimum Gasteiger partial charge on any atom is -0.384 e. The van der Waals surface area contributed by atoms with Crippen molar-refractivity contribution in [2.24, 2.45) is 0 Å². The third kappa shape index (κ3) is 1.61. The number of hydrogen-bond acceptors (Lipinski definition) is 3. The van der Waals surface area contributed by atoms with Gasteiger partial charge >= 0.3 is 0 Å². The molecule has 0 aliphatic heterocycles. The van der Waals surface area contributed by atoms with Crippen molar-refractivity contribution >= 4 is 17.6 Å². The largest absolute Gasteiger partial charge is 0.384 e. The first-order valence-electron chi connectivity index (χ1n) is 4.24. The van der Waals surface area contributed by atoms with Gasteiger partial charge in [0.15, 0.2) is 0 Å².